The van der Waals surface area contributed by atoms with Gasteiger partial charge in [-0.1, -0.05) is 18.2 Å². The standard InChI is InChI=1S/C15H13F2N/c16-13-6-11(7-14(17)8-13)12-5-10-3-1-2-4-15(10)18-9-12/h1-4,6-8,12,18H,5,9H2. The SMILES string of the molecule is Fc1cc(F)cc(C2CNc3ccccc3C2)c1. The Bertz CT molecular complexity index is 560. The molecule has 3 heteroatoms. The van der Waals surface area contributed by atoms with Crippen LogP contribution in [0.1, 0.15) is 17.0 Å². The van der Waals surface area contributed by atoms with Gasteiger partial charge < -0.3 is 5.32 Å². The fourth-order valence-electron chi connectivity index (χ4n) is 2.49. The Morgan fingerprint density at radius 2 is 1.72 bits per heavy atom. The maximum absolute atomic E-state index is 13.2. The third-order valence-corrected chi connectivity index (χ3v) is 3.38. The van der Waals surface area contributed by atoms with E-state index in [9.17, 15) is 8.78 Å². The summed E-state index contributed by atoms with van der Waals surface area (Å²) in [6.45, 7) is 0.708. The largest absolute Gasteiger partial charge is 0.384 e. The molecule has 1 heterocycles. The normalized spacial score (nSPS) is 18.0. The van der Waals surface area contributed by atoms with Crippen LogP contribution in [-0.4, -0.2) is 6.54 Å². The molecule has 0 radical (unpaired) electrons. The number of hydrogen-bond donors (Lipinski definition) is 1. The Kier molecular flexibility index (Phi) is 2.74. The summed E-state index contributed by atoms with van der Waals surface area (Å²) in [5, 5.41) is 3.31. The summed E-state index contributed by atoms with van der Waals surface area (Å²) in [4.78, 5) is 0. The Morgan fingerprint density at radius 3 is 2.50 bits per heavy atom. The smallest absolute Gasteiger partial charge is 0.126 e. The van der Waals surface area contributed by atoms with Crippen molar-refractivity contribution in [2.45, 2.75) is 12.3 Å². The summed E-state index contributed by atoms with van der Waals surface area (Å²) in [6.07, 6.45) is 0.812. The summed E-state index contributed by atoms with van der Waals surface area (Å²) in [5.41, 5.74) is 3.03. The molecule has 92 valence electrons. The molecule has 1 unspecified atom stereocenters. The molecule has 1 nitrogen and oxygen atoms in total. The van der Waals surface area contributed by atoms with Crippen LogP contribution in [0.4, 0.5) is 14.5 Å². The quantitative estimate of drug-likeness (QED) is 0.807. The number of para-hydroxylation sites is 1. The minimum atomic E-state index is -0.510. The van der Waals surface area contributed by atoms with Gasteiger partial charge >= 0.3 is 0 Å². The monoisotopic (exact) mass is 245 g/mol. The molecule has 3 rings (SSSR count). The number of fused-ring (bicyclic) bond motifs is 1. The lowest BCUT2D eigenvalue weighted by atomic mass is 9.88. The van der Waals surface area contributed by atoms with E-state index in [1.807, 2.05) is 24.3 Å². The van der Waals surface area contributed by atoms with E-state index in [0.717, 1.165) is 23.7 Å². The predicted octanol–water partition coefficient (Wildman–Crippen LogP) is 3.72. The van der Waals surface area contributed by atoms with Gasteiger partial charge in [0.25, 0.3) is 0 Å². The molecule has 0 aromatic heterocycles. The van der Waals surface area contributed by atoms with Crippen molar-refractivity contribution in [3.63, 3.8) is 0 Å². The number of benzene rings is 2. The highest BCUT2D eigenvalue weighted by molar-refractivity contribution is 5.54. The van der Waals surface area contributed by atoms with Crippen LogP contribution >= 0.6 is 0 Å². The summed E-state index contributed by atoms with van der Waals surface area (Å²) in [7, 11) is 0. The molecule has 18 heavy (non-hydrogen) atoms. The van der Waals surface area contributed by atoms with Gasteiger partial charge in [0.15, 0.2) is 0 Å². The van der Waals surface area contributed by atoms with Gasteiger partial charge in [-0.25, -0.2) is 8.78 Å². The first-order chi connectivity index (χ1) is 8.72. The first-order valence-electron chi connectivity index (χ1n) is 6.00. The van der Waals surface area contributed by atoms with Crippen LogP contribution in [0.2, 0.25) is 0 Å². The first kappa shape index (κ1) is 11.2. The van der Waals surface area contributed by atoms with Gasteiger partial charge in [-0.2, -0.15) is 0 Å². The minimum absolute atomic E-state index is 0.116. The van der Waals surface area contributed by atoms with E-state index in [1.54, 1.807) is 0 Å². The average molecular weight is 245 g/mol. The van der Waals surface area contributed by atoms with Crippen LogP contribution in [0.15, 0.2) is 42.5 Å². The highest BCUT2D eigenvalue weighted by atomic mass is 19.1. The molecular formula is C15H13F2N. The second-order valence-corrected chi connectivity index (χ2v) is 4.64. The van der Waals surface area contributed by atoms with E-state index in [0.29, 0.717) is 6.54 Å². The van der Waals surface area contributed by atoms with E-state index >= 15 is 0 Å². The van der Waals surface area contributed by atoms with E-state index in [-0.39, 0.29) is 5.92 Å². The molecule has 0 fully saturated rings. The number of nitrogens with one attached hydrogen (secondary N) is 1. The van der Waals surface area contributed by atoms with Gasteiger partial charge in [0.1, 0.15) is 11.6 Å². The van der Waals surface area contributed by atoms with Crippen molar-refractivity contribution in [1.29, 1.82) is 0 Å². The van der Waals surface area contributed by atoms with E-state index in [2.05, 4.69) is 5.32 Å². The van der Waals surface area contributed by atoms with Gasteiger partial charge in [0.2, 0.25) is 0 Å². The zero-order valence-corrected chi connectivity index (χ0v) is 9.79. The molecule has 0 amide bonds. The molecule has 1 N–H and O–H groups in total. The van der Waals surface area contributed by atoms with Crippen molar-refractivity contribution >= 4 is 5.69 Å². The number of rotatable bonds is 1. The van der Waals surface area contributed by atoms with Crippen LogP contribution in [0, 0.1) is 11.6 Å². The Labute approximate surface area is 104 Å². The van der Waals surface area contributed by atoms with Crippen LogP contribution in [0.3, 0.4) is 0 Å². The van der Waals surface area contributed by atoms with Crippen molar-refractivity contribution < 1.29 is 8.78 Å². The van der Waals surface area contributed by atoms with Gasteiger partial charge in [0, 0.05) is 24.2 Å². The Balaban J connectivity index is 1.91. The van der Waals surface area contributed by atoms with Crippen molar-refractivity contribution in [3.05, 3.63) is 65.2 Å². The van der Waals surface area contributed by atoms with Crippen LogP contribution in [0.25, 0.3) is 0 Å². The fourth-order valence-corrected chi connectivity index (χ4v) is 2.49. The Morgan fingerprint density at radius 1 is 1.00 bits per heavy atom. The molecule has 0 saturated heterocycles. The molecular weight excluding hydrogens is 232 g/mol. The van der Waals surface area contributed by atoms with Crippen molar-refractivity contribution in [2.75, 3.05) is 11.9 Å². The second kappa shape index (κ2) is 4.41. The maximum atomic E-state index is 13.2. The van der Waals surface area contributed by atoms with Gasteiger partial charge in [-0.3, -0.25) is 0 Å². The lowest BCUT2D eigenvalue weighted by Gasteiger charge is -2.26. The second-order valence-electron chi connectivity index (χ2n) is 4.64. The van der Waals surface area contributed by atoms with Crippen molar-refractivity contribution in [3.8, 4) is 0 Å². The van der Waals surface area contributed by atoms with E-state index < -0.39 is 11.6 Å². The lowest BCUT2D eigenvalue weighted by Crippen LogP contribution is -2.21. The van der Waals surface area contributed by atoms with Gasteiger partial charge in [-0.05, 0) is 35.7 Å². The zero-order valence-electron chi connectivity index (χ0n) is 9.79. The molecule has 0 saturated carbocycles. The fraction of sp³-hybridized carbons (Fsp3) is 0.200. The van der Waals surface area contributed by atoms with Crippen LogP contribution < -0.4 is 5.32 Å². The molecule has 0 bridgehead atoms. The third-order valence-electron chi connectivity index (χ3n) is 3.38. The molecule has 2 aromatic carbocycles. The van der Waals surface area contributed by atoms with Gasteiger partial charge in [0.05, 0.1) is 0 Å². The molecule has 1 aliphatic heterocycles. The van der Waals surface area contributed by atoms with E-state index in [1.165, 1.54) is 17.7 Å². The number of halogens is 2. The van der Waals surface area contributed by atoms with Gasteiger partial charge in [-0.15, -0.1) is 0 Å². The van der Waals surface area contributed by atoms with Crippen LogP contribution in [-0.2, 0) is 6.42 Å². The Hall–Kier alpha value is -1.90. The third kappa shape index (κ3) is 2.08. The first-order valence-corrected chi connectivity index (χ1v) is 6.00. The molecule has 2 aromatic rings. The average Bonchev–Trinajstić information content (AvgIpc) is 2.37. The zero-order chi connectivity index (χ0) is 12.5. The van der Waals surface area contributed by atoms with E-state index in [4.69, 9.17) is 0 Å². The summed E-state index contributed by atoms with van der Waals surface area (Å²) in [6, 6.07) is 11.8. The summed E-state index contributed by atoms with van der Waals surface area (Å²) >= 11 is 0. The topological polar surface area (TPSA) is 12.0 Å². The van der Waals surface area contributed by atoms with Crippen LogP contribution in [0.5, 0.6) is 0 Å². The highest BCUT2D eigenvalue weighted by Crippen LogP contribution is 2.30. The maximum Gasteiger partial charge on any atom is 0.126 e. The van der Waals surface area contributed by atoms with Crippen molar-refractivity contribution in [2.24, 2.45) is 0 Å². The number of hydrogen-bond acceptors (Lipinski definition) is 1. The van der Waals surface area contributed by atoms with Crippen molar-refractivity contribution in [1.82, 2.24) is 0 Å². The lowest BCUT2D eigenvalue weighted by molar-refractivity contribution is 0.571. The molecule has 1 aliphatic rings. The number of anilines is 1. The summed E-state index contributed by atoms with van der Waals surface area (Å²) in [5.74, 6) is -0.905. The highest BCUT2D eigenvalue weighted by Gasteiger charge is 2.20. The predicted molar refractivity (Wildman–Crippen MR) is 67.7 cm³/mol. The molecule has 1 atom stereocenters. The molecule has 0 spiro atoms. The summed E-state index contributed by atoms with van der Waals surface area (Å²) < 4.78 is 26.4. The molecule has 0 aliphatic carbocycles. The minimum Gasteiger partial charge on any atom is -0.384 e.